The van der Waals surface area contributed by atoms with Crippen LogP contribution < -0.4 is 4.74 Å². The first kappa shape index (κ1) is 20.5. The second kappa shape index (κ2) is 9.34. The fourth-order valence-corrected chi connectivity index (χ4v) is 4.14. The van der Waals surface area contributed by atoms with Gasteiger partial charge in [-0.2, -0.15) is 5.10 Å². The molecule has 7 heteroatoms. The molecule has 2 aromatic heterocycles. The zero-order chi connectivity index (χ0) is 20.9. The highest BCUT2D eigenvalue weighted by atomic mass is 19.1. The average molecular weight is 410 g/mol. The van der Waals surface area contributed by atoms with Gasteiger partial charge in [-0.25, -0.2) is 19.0 Å². The minimum Gasteiger partial charge on any atom is -0.490 e. The number of hydrogen-bond acceptors (Lipinski definition) is 5. The molecule has 1 aliphatic carbocycles. The molecule has 0 N–H and O–H groups in total. The van der Waals surface area contributed by atoms with E-state index in [1.54, 1.807) is 36.8 Å². The van der Waals surface area contributed by atoms with Crippen molar-refractivity contribution in [2.75, 3.05) is 20.7 Å². The highest BCUT2D eigenvalue weighted by Gasteiger charge is 2.22. The molecule has 1 fully saturated rings. The van der Waals surface area contributed by atoms with Gasteiger partial charge in [-0.3, -0.25) is 0 Å². The van der Waals surface area contributed by atoms with E-state index in [1.165, 1.54) is 42.8 Å². The number of nitrogens with zero attached hydrogens (tertiary/aromatic N) is 5. The van der Waals surface area contributed by atoms with E-state index in [-0.39, 0.29) is 5.82 Å². The molecule has 0 radical (unpaired) electrons. The lowest BCUT2D eigenvalue weighted by atomic mass is 9.84. The fraction of sp³-hybridized carbons (Fsp3) is 0.435. The van der Waals surface area contributed by atoms with Gasteiger partial charge in [0.15, 0.2) is 5.75 Å². The third kappa shape index (κ3) is 4.67. The minimum atomic E-state index is -0.324. The van der Waals surface area contributed by atoms with Crippen molar-refractivity contribution >= 4 is 0 Å². The molecule has 0 unspecified atom stereocenters. The molecule has 0 saturated heterocycles. The molecular formula is C23H28FN5O. The number of rotatable bonds is 7. The van der Waals surface area contributed by atoms with E-state index in [2.05, 4.69) is 34.1 Å². The molecular weight excluding hydrogens is 381 g/mol. The SMILES string of the molecule is CN(C)[C@H]1CC[C@@H](CCOc2cncnc2-c2cnn(-c3ccccc3F)c2)CC1. The van der Waals surface area contributed by atoms with Crippen molar-refractivity contribution < 1.29 is 9.13 Å². The Balaban J connectivity index is 1.40. The summed E-state index contributed by atoms with van der Waals surface area (Å²) in [5, 5.41) is 4.30. The van der Waals surface area contributed by atoms with Crippen LogP contribution in [0.2, 0.25) is 0 Å². The van der Waals surface area contributed by atoms with E-state index in [0.717, 1.165) is 12.0 Å². The predicted octanol–water partition coefficient (Wildman–Crippen LogP) is 4.36. The Morgan fingerprint density at radius 2 is 1.93 bits per heavy atom. The smallest absolute Gasteiger partial charge is 0.163 e. The Bertz CT molecular complexity index is 965. The Morgan fingerprint density at radius 1 is 1.13 bits per heavy atom. The maximum atomic E-state index is 14.1. The summed E-state index contributed by atoms with van der Waals surface area (Å²) in [4.78, 5) is 10.8. The molecule has 4 rings (SSSR count). The normalized spacial score (nSPS) is 19.2. The molecule has 0 spiro atoms. The van der Waals surface area contributed by atoms with Crippen LogP contribution in [0, 0.1) is 11.7 Å². The van der Waals surface area contributed by atoms with Crippen LogP contribution in [0.25, 0.3) is 16.9 Å². The van der Waals surface area contributed by atoms with Gasteiger partial charge in [-0.1, -0.05) is 12.1 Å². The first-order valence-electron chi connectivity index (χ1n) is 10.5. The molecule has 1 aromatic carbocycles. The van der Waals surface area contributed by atoms with Crippen molar-refractivity contribution in [1.82, 2.24) is 24.6 Å². The zero-order valence-corrected chi connectivity index (χ0v) is 17.5. The quantitative estimate of drug-likeness (QED) is 0.580. The molecule has 6 nitrogen and oxygen atoms in total. The molecule has 3 aromatic rings. The van der Waals surface area contributed by atoms with Gasteiger partial charge in [-0.15, -0.1) is 0 Å². The molecule has 1 aliphatic rings. The molecule has 0 bridgehead atoms. The fourth-order valence-electron chi connectivity index (χ4n) is 4.14. The van der Waals surface area contributed by atoms with Crippen LogP contribution in [-0.2, 0) is 0 Å². The monoisotopic (exact) mass is 409 g/mol. The number of ether oxygens (including phenoxy) is 1. The summed E-state index contributed by atoms with van der Waals surface area (Å²) in [6.45, 7) is 0.638. The minimum absolute atomic E-state index is 0.324. The second-order valence-electron chi connectivity index (χ2n) is 8.14. The summed E-state index contributed by atoms with van der Waals surface area (Å²) in [7, 11) is 4.33. The van der Waals surface area contributed by atoms with Crippen LogP contribution >= 0.6 is 0 Å². The van der Waals surface area contributed by atoms with E-state index in [1.807, 2.05) is 0 Å². The van der Waals surface area contributed by atoms with Crippen molar-refractivity contribution in [3.05, 3.63) is 55.0 Å². The number of benzene rings is 1. The van der Waals surface area contributed by atoms with Crippen molar-refractivity contribution in [1.29, 1.82) is 0 Å². The van der Waals surface area contributed by atoms with Crippen LogP contribution in [0.15, 0.2) is 49.2 Å². The van der Waals surface area contributed by atoms with Gasteiger partial charge in [0.05, 0.1) is 19.0 Å². The van der Waals surface area contributed by atoms with Crippen LogP contribution in [0.3, 0.4) is 0 Å². The lowest BCUT2D eigenvalue weighted by Crippen LogP contribution is -2.32. The highest BCUT2D eigenvalue weighted by molar-refractivity contribution is 5.64. The number of para-hydroxylation sites is 1. The lowest BCUT2D eigenvalue weighted by molar-refractivity contribution is 0.173. The summed E-state index contributed by atoms with van der Waals surface area (Å²) >= 11 is 0. The summed E-state index contributed by atoms with van der Waals surface area (Å²) < 4.78 is 21.6. The predicted molar refractivity (Wildman–Crippen MR) is 114 cm³/mol. The van der Waals surface area contributed by atoms with E-state index in [9.17, 15) is 4.39 Å². The maximum Gasteiger partial charge on any atom is 0.163 e. The molecule has 2 heterocycles. The topological polar surface area (TPSA) is 56.1 Å². The van der Waals surface area contributed by atoms with Gasteiger partial charge >= 0.3 is 0 Å². The Morgan fingerprint density at radius 3 is 2.70 bits per heavy atom. The largest absolute Gasteiger partial charge is 0.490 e. The molecule has 158 valence electrons. The summed E-state index contributed by atoms with van der Waals surface area (Å²) in [5.41, 5.74) is 1.83. The molecule has 0 atom stereocenters. The van der Waals surface area contributed by atoms with Gasteiger partial charge in [0, 0.05) is 17.8 Å². The average Bonchev–Trinajstić information content (AvgIpc) is 3.24. The summed E-state index contributed by atoms with van der Waals surface area (Å²) in [5.74, 6) is 1.01. The number of hydrogen-bond donors (Lipinski definition) is 0. The standard InChI is InChI=1S/C23H28FN5O/c1-28(2)19-9-7-17(8-10-19)11-12-30-22-14-25-16-26-23(22)18-13-27-29(15-18)21-6-4-3-5-20(21)24/h3-6,13-17,19H,7-12H2,1-2H3/t17-,19+. The summed E-state index contributed by atoms with van der Waals surface area (Å²) in [6.07, 6.45) is 12.7. The number of halogens is 1. The highest BCUT2D eigenvalue weighted by Crippen LogP contribution is 2.31. The number of aromatic nitrogens is 4. The molecule has 30 heavy (non-hydrogen) atoms. The van der Waals surface area contributed by atoms with Crippen LogP contribution in [0.5, 0.6) is 5.75 Å². The van der Waals surface area contributed by atoms with Gasteiger partial charge in [0.1, 0.15) is 23.5 Å². The zero-order valence-electron chi connectivity index (χ0n) is 17.5. The van der Waals surface area contributed by atoms with Crippen molar-refractivity contribution in [2.24, 2.45) is 5.92 Å². The van der Waals surface area contributed by atoms with Gasteiger partial charge < -0.3 is 9.64 Å². The Labute approximate surface area is 176 Å². The van der Waals surface area contributed by atoms with Crippen LogP contribution in [-0.4, -0.2) is 51.4 Å². The van der Waals surface area contributed by atoms with Crippen molar-refractivity contribution in [3.8, 4) is 22.7 Å². The molecule has 0 amide bonds. The third-order valence-electron chi connectivity index (χ3n) is 5.96. The first-order valence-corrected chi connectivity index (χ1v) is 10.5. The van der Waals surface area contributed by atoms with Crippen molar-refractivity contribution in [3.63, 3.8) is 0 Å². The Kier molecular flexibility index (Phi) is 6.38. The van der Waals surface area contributed by atoms with Gasteiger partial charge in [-0.05, 0) is 64.3 Å². The molecule has 0 aliphatic heterocycles. The van der Waals surface area contributed by atoms with E-state index < -0.39 is 0 Å². The molecule has 1 saturated carbocycles. The Hall–Kier alpha value is -2.80. The van der Waals surface area contributed by atoms with E-state index in [4.69, 9.17) is 4.74 Å². The third-order valence-corrected chi connectivity index (χ3v) is 5.96. The van der Waals surface area contributed by atoms with Crippen molar-refractivity contribution in [2.45, 2.75) is 38.1 Å². The van der Waals surface area contributed by atoms with Gasteiger partial charge in [0.2, 0.25) is 0 Å². The van der Waals surface area contributed by atoms with E-state index >= 15 is 0 Å². The maximum absolute atomic E-state index is 14.1. The van der Waals surface area contributed by atoms with Gasteiger partial charge in [0.25, 0.3) is 0 Å². The lowest BCUT2D eigenvalue weighted by Gasteiger charge is -2.32. The first-order chi connectivity index (χ1) is 14.6. The summed E-state index contributed by atoms with van der Waals surface area (Å²) in [6, 6.07) is 7.26. The van der Waals surface area contributed by atoms with E-state index in [0.29, 0.717) is 35.7 Å². The second-order valence-corrected chi connectivity index (χ2v) is 8.14. The van der Waals surface area contributed by atoms with Crippen LogP contribution in [0.1, 0.15) is 32.1 Å². The van der Waals surface area contributed by atoms with Crippen LogP contribution in [0.4, 0.5) is 4.39 Å².